The number of unbranched alkanes of at least 4 members (excludes halogenated alkanes) is 3. The lowest BCUT2D eigenvalue weighted by atomic mass is 9.73. The molecule has 0 aliphatic rings. The second-order valence-electron chi connectivity index (χ2n) is 5.32. The van der Waals surface area contributed by atoms with Crippen molar-refractivity contribution in [2.75, 3.05) is 0 Å². The fraction of sp³-hybridized carbons (Fsp3) is 0.733. The van der Waals surface area contributed by atoms with Gasteiger partial charge in [0.25, 0.3) is 0 Å². The summed E-state index contributed by atoms with van der Waals surface area (Å²) < 4.78 is 0. The molecule has 0 spiro atoms. The van der Waals surface area contributed by atoms with Crippen molar-refractivity contribution in [3.63, 3.8) is 0 Å². The molecule has 1 atom stereocenters. The van der Waals surface area contributed by atoms with E-state index < -0.39 is 17.4 Å². The molecular formula is C15H26O4. The highest BCUT2D eigenvalue weighted by Crippen LogP contribution is 2.38. The van der Waals surface area contributed by atoms with E-state index in [0.717, 1.165) is 51.0 Å². The van der Waals surface area contributed by atoms with Crippen molar-refractivity contribution in [1.82, 2.24) is 0 Å². The number of rotatable bonds is 10. The van der Waals surface area contributed by atoms with Crippen molar-refractivity contribution in [2.24, 2.45) is 5.41 Å². The molecule has 4 heteroatoms. The lowest BCUT2D eigenvalue weighted by Gasteiger charge is -2.30. The van der Waals surface area contributed by atoms with Crippen molar-refractivity contribution < 1.29 is 19.8 Å². The van der Waals surface area contributed by atoms with Crippen molar-refractivity contribution in [3.8, 4) is 0 Å². The Hall–Kier alpha value is -1.32. The summed E-state index contributed by atoms with van der Waals surface area (Å²) in [5.41, 5.74) is -0.514. The molecule has 0 fully saturated rings. The van der Waals surface area contributed by atoms with Gasteiger partial charge in [0, 0.05) is 6.08 Å². The third kappa shape index (κ3) is 6.41. The third-order valence-corrected chi connectivity index (χ3v) is 3.56. The van der Waals surface area contributed by atoms with E-state index in [0.29, 0.717) is 0 Å². The number of carboxylic acids is 2. The van der Waals surface area contributed by atoms with E-state index >= 15 is 0 Å². The Kier molecular flexibility index (Phi) is 8.12. The van der Waals surface area contributed by atoms with E-state index in [4.69, 9.17) is 5.11 Å². The van der Waals surface area contributed by atoms with Crippen LogP contribution in [-0.2, 0) is 9.59 Å². The highest BCUT2D eigenvalue weighted by Gasteiger charge is 2.33. The molecule has 0 aliphatic carbocycles. The first-order valence-corrected chi connectivity index (χ1v) is 7.05. The number of carboxylic acid groups (broad SMARTS) is 2. The fourth-order valence-electron chi connectivity index (χ4n) is 2.34. The van der Waals surface area contributed by atoms with Gasteiger partial charge in [-0.25, -0.2) is 9.59 Å². The van der Waals surface area contributed by atoms with Crippen LogP contribution in [0.15, 0.2) is 11.6 Å². The maximum atomic E-state index is 11.3. The van der Waals surface area contributed by atoms with Crippen molar-refractivity contribution in [2.45, 2.75) is 65.7 Å². The van der Waals surface area contributed by atoms with Gasteiger partial charge >= 0.3 is 11.9 Å². The molecule has 19 heavy (non-hydrogen) atoms. The third-order valence-electron chi connectivity index (χ3n) is 3.56. The van der Waals surface area contributed by atoms with Gasteiger partial charge in [0.1, 0.15) is 0 Å². The average Bonchev–Trinajstić information content (AvgIpc) is 2.33. The maximum absolute atomic E-state index is 11.3. The predicted molar refractivity (Wildman–Crippen MR) is 75.1 cm³/mol. The number of carbonyl (C=O) groups is 2. The lowest BCUT2D eigenvalue weighted by molar-refractivity contribution is -0.136. The minimum atomic E-state index is -1.18. The minimum absolute atomic E-state index is 0.0320. The van der Waals surface area contributed by atoms with Gasteiger partial charge in [0.05, 0.1) is 5.57 Å². The Morgan fingerprint density at radius 2 is 1.53 bits per heavy atom. The van der Waals surface area contributed by atoms with Crippen LogP contribution in [0.5, 0.6) is 0 Å². The molecule has 0 bridgehead atoms. The van der Waals surface area contributed by atoms with Gasteiger partial charge in [0.2, 0.25) is 0 Å². The molecule has 0 saturated carbocycles. The second kappa shape index (κ2) is 8.73. The normalized spacial score (nSPS) is 15.0. The molecule has 0 rings (SSSR count). The van der Waals surface area contributed by atoms with Gasteiger partial charge in [-0.1, -0.05) is 52.9 Å². The number of hydrogen-bond acceptors (Lipinski definition) is 2. The summed E-state index contributed by atoms with van der Waals surface area (Å²) in [4.78, 5) is 22.2. The van der Waals surface area contributed by atoms with Crippen LogP contribution < -0.4 is 0 Å². The van der Waals surface area contributed by atoms with Crippen LogP contribution in [-0.4, -0.2) is 22.2 Å². The highest BCUT2D eigenvalue weighted by molar-refractivity contribution is 5.95. The van der Waals surface area contributed by atoms with Crippen LogP contribution in [0.2, 0.25) is 0 Å². The van der Waals surface area contributed by atoms with Crippen LogP contribution >= 0.6 is 0 Å². The standard InChI is InChI=1S/C15H26O4/c1-4-6-8-10-15(3,9-7-5-2)12(14(18)19)11-13(16)17/h11H,4-10H2,1-3H3,(H,16,17)(H,18,19). The SMILES string of the molecule is CCCCCC(C)(CCCC)C(=CC(=O)O)C(=O)O. The minimum Gasteiger partial charge on any atom is -0.478 e. The topological polar surface area (TPSA) is 74.6 Å². The molecule has 0 aromatic heterocycles. The predicted octanol–water partition coefficient (Wildman–Crippen LogP) is 3.86. The monoisotopic (exact) mass is 270 g/mol. The molecular weight excluding hydrogens is 244 g/mol. The molecule has 1 unspecified atom stereocenters. The van der Waals surface area contributed by atoms with Gasteiger partial charge in [-0.05, 0) is 18.3 Å². The highest BCUT2D eigenvalue weighted by atomic mass is 16.4. The molecule has 0 heterocycles. The molecule has 110 valence electrons. The first-order valence-electron chi connectivity index (χ1n) is 7.05. The van der Waals surface area contributed by atoms with E-state index in [1.54, 1.807) is 0 Å². The zero-order valence-corrected chi connectivity index (χ0v) is 12.2. The Bertz CT molecular complexity index is 333. The second-order valence-corrected chi connectivity index (χ2v) is 5.32. The molecule has 2 N–H and O–H groups in total. The van der Waals surface area contributed by atoms with Crippen molar-refractivity contribution in [3.05, 3.63) is 11.6 Å². The molecule has 0 saturated heterocycles. The molecule has 0 aliphatic heterocycles. The average molecular weight is 270 g/mol. The van der Waals surface area contributed by atoms with Crippen LogP contribution in [0.1, 0.15) is 65.7 Å². The first kappa shape index (κ1) is 17.7. The summed E-state index contributed by atoms with van der Waals surface area (Å²) in [6, 6.07) is 0. The Morgan fingerprint density at radius 3 is 1.95 bits per heavy atom. The summed E-state index contributed by atoms with van der Waals surface area (Å²) in [6.45, 7) is 6.02. The lowest BCUT2D eigenvalue weighted by Crippen LogP contribution is -2.26. The van der Waals surface area contributed by atoms with Crippen molar-refractivity contribution >= 4 is 11.9 Å². The van der Waals surface area contributed by atoms with Gasteiger partial charge < -0.3 is 10.2 Å². The van der Waals surface area contributed by atoms with Crippen LogP contribution in [0.25, 0.3) is 0 Å². The molecule has 0 radical (unpaired) electrons. The fourth-order valence-corrected chi connectivity index (χ4v) is 2.34. The summed E-state index contributed by atoms with van der Waals surface area (Å²) in [5.74, 6) is -2.30. The van der Waals surface area contributed by atoms with E-state index in [1.807, 2.05) is 13.8 Å². The first-order chi connectivity index (χ1) is 8.87. The van der Waals surface area contributed by atoms with Gasteiger partial charge in [0.15, 0.2) is 0 Å². The summed E-state index contributed by atoms with van der Waals surface area (Å²) in [6.07, 6.45) is 7.24. The van der Waals surface area contributed by atoms with E-state index in [-0.39, 0.29) is 5.57 Å². The summed E-state index contributed by atoms with van der Waals surface area (Å²) in [7, 11) is 0. The molecule has 4 nitrogen and oxygen atoms in total. The van der Waals surface area contributed by atoms with E-state index in [9.17, 15) is 14.7 Å². The van der Waals surface area contributed by atoms with Crippen LogP contribution in [0, 0.1) is 5.41 Å². The Balaban J connectivity index is 5.14. The zero-order valence-electron chi connectivity index (χ0n) is 12.2. The van der Waals surface area contributed by atoms with E-state index in [1.165, 1.54) is 0 Å². The van der Waals surface area contributed by atoms with Gasteiger partial charge in [-0.3, -0.25) is 0 Å². The number of aliphatic carboxylic acids is 2. The van der Waals surface area contributed by atoms with Gasteiger partial charge in [-0.2, -0.15) is 0 Å². The van der Waals surface area contributed by atoms with Crippen LogP contribution in [0.4, 0.5) is 0 Å². The van der Waals surface area contributed by atoms with E-state index in [2.05, 4.69) is 6.92 Å². The van der Waals surface area contributed by atoms with Crippen molar-refractivity contribution in [1.29, 1.82) is 0 Å². The van der Waals surface area contributed by atoms with Crippen LogP contribution in [0.3, 0.4) is 0 Å². The largest absolute Gasteiger partial charge is 0.478 e. The Labute approximate surface area is 115 Å². The molecule has 0 aromatic carbocycles. The smallest absolute Gasteiger partial charge is 0.332 e. The summed E-state index contributed by atoms with van der Waals surface area (Å²) >= 11 is 0. The molecule has 0 amide bonds. The zero-order chi connectivity index (χ0) is 14.9. The maximum Gasteiger partial charge on any atom is 0.332 e. The number of hydrogen-bond donors (Lipinski definition) is 2. The quantitative estimate of drug-likeness (QED) is 0.467. The molecule has 0 aromatic rings. The summed E-state index contributed by atoms with van der Waals surface area (Å²) in [5, 5.41) is 18.1. The van der Waals surface area contributed by atoms with Gasteiger partial charge in [-0.15, -0.1) is 0 Å². The Morgan fingerprint density at radius 1 is 1.00 bits per heavy atom.